The van der Waals surface area contributed by atoms with Gasteiger partial charge in [0.05, 0.1) is 27.2 Å². The molecule has 1 N–H and O–H groups in total. The van der Waals surface area contributed by atoms with Gasteiger partial charge in [-0.1, -0.05) is 78.9 Å². The van der Waals surface area contributed by atoms with Crippen LogP contribution >= 0.6 is 0 Å². The summed E-state index contributed by atoms with van der Waals surface area (Å²) in [7, 11) is 4.24. The maximum atomic E-state index is 11.8. The lowest BCUT2D eigenvalue weighted by atomic mass is 9.86. The molecular weight excluding hydrogens is 494 g/mol. The van der Waals surface area contributed by atoms with Crippen LogP contribution in [-0.2, 0) is 12.1 Å². The second-order valence-electron chi connectivity index (χ2n) is 8.78. The SMILES string of the molecule is C[N+](C)(CCCOc1ccccc1)Cc1nnc(C(O)(c2ccccc2)c2ccccc2)o1.[Br-]. The molecule has 0 unspecified atom stereocenters. The highest BCUT2D eigenvalue weighted by Gasteiger charge is 2.40. The smallest absolute Gasteiger partial charge is 0.271 e. The Morgan fingerprint density at radius 1 is 0.824 bits per heavy atom. The topological polar surface area (TPSA) is 68.4 Å². The summed E-state index contributed by atoms with van der Waals surface area (Å²) in [6.07, 6.45) is 0.890. The van der Waals surface area contributed by atoms with Crippen LogP contribution in [0.4, 0.5) is 0 Å². The molecule has 0 radical (unpaired) electrons. The predicted octanol–water partition coefficient (Wildman–Crippen LogP) is 1.40. The molecule has 0 atom stereocenters. The molecule has 1 aromatic heterocycles. The quantitative estimate of drug-likeness (QED) is 0.251. The van der Waals surface area contributed by atoms with Gasteiger partial charge in [-0.05, 0) is 23.3 Å². The maximum absolute atomic E-state index is 11.8. The van der Waals surface area contributed by atoms with Crippen molar-refractivity contribution in [3.8, 4) is 5.75 Å². The van der Waals surface area contributed by atoms with E-state index in [2.05, 4.69) is 24.3 Å². The molecule has 4 rings (SSSR count). The van der Waals surface area contributed by atoms with Gasteiger partial charge in [-0.15, -0.1) is 10.2 Å². The summed E-state index contributed by atoms with van der Waals surface area (Å²) in [6.45, 7) is 2.08. The first-order chi connectivity index (χ1) is 16.0. The van der Waals surface area contributed by atoms with Gasteiger partial charge in [0.15, 0.2) is 12.1 Å². The van der Waals surface area contributed by atoms with E-state index >= 15 is 0 Å². The number of ether oxygens (including phenoxy) is 1. The Bertz CT molecular complexity index is 1100. The largest absolute Gasteiger partial charge is 1.00 e. The average Bonchev–Trinajstić information content (AvgIpc) is 3.31. The molecule has 7 heteroatoms. The molecule has 34 heavy (non-hydrogen) atoms. The van der Waals surface area contributed by atoms with E-state index in [1.807, 2.05) is 91.0 Å². The number of hydrogen-bond acceptors (Lipinski definition) is 5. The van der Waals surface area contributed by atoms with Crippen molar-refractivity contribution in [3.05, 3.63) is 114 Å². The number of hydrogen-bond donors (Lipinski definition) is 1. The zero-order valence-electron chi connectivity index (χ0n) is 19.5. The number of aliphatic hydroxyl groups is 1. The van der Waals surface area contributed by atoms with Crippen molar-refractivity contribution in [2.24, 2.45) is 0 Å². The lowest BCUT2D eigenvalue weighted by molar-refractivity contribution is -0.905. The van der Waals surface area contributed by atoms with Crippen molar-refractivity contribution in [1.29, 1.82) is 0 Å². The van der Waals surface area contributed by atoms with Gasteiger partial charge >= 0.3 is 0 Å². The summed E-state index contributed by atoms with van der Waals surface area (Å²) >= 11 is 0. The molecule has 178 valence electrons. The fraction of sp³-hybridized carbons (Fsp3) is 0.259. The highest BCUT2D eigenvalue weighted by Crippen LogP contribution is 2.35. The van der Waals surface area contributed by atoms with E-state index in [0.29, 0.717) is 34.7 Å². The lowest BCUT2D eigenvalue weighted by Gasteiger charge is -2.28. The van der Waals surface area contributed by atoms with Crippen LogP contribution in [0.5, 0.6) is 5.75 Å². The lowest BCUT2D eigenvalue weighted by Crippen LogP contribution is -3.00. The molecule has 4 aromatic rings. The molecular formula is C27H30BrN3O3. The molecule has 0 aliphatic rings. The fourth-order valence-electron chi connectivity index (χ4n) is 3.88. The third-order valence-corrected chi connectivity index (χ3v) is 5.64. The molecule has 6 nitrogen and oxygen atoms in total. The average molecular weight is 524 g/mol. The number of aromatic nitrogens is 2. The van der Waals surface area contributed by atoms with Gasteiger partial charge in [0.2, 0.25) is 0 Å². The molecule has 0 saturated carbocycles. The van der Waals surface area contributed by atoms with Gasteiger partial charge in [0.1, 0.15) is 5.75 Å². The van der Waals surface area contributed by atoms with E-state index in [1.54, 1.807) is 0 Å². The molecule has 0 saturated heterocycles. The van der Waals surface area contributed by atoms with Gasteiger partial charge in [0, 0.05) is 6.42 Å². The van der Waals surface area contributed by atoms with Crippen molar-refractivity contribution in [2.75, 3.05) is 27.2 Å². The molecule has 0 amide bonds. The molecule has 0 fully saturated rings. The highest BCUT2D eigenvalue weighted by atomic mass is 79.9. The number of benzene rings is 3. The molecule has 3 aromatic carbocycles. The summed E-state index contributed by atoms with van der Waals surface area (Å²) in [5, 5.41) is 20.3. The van der Waals surface area contributed by atoms with Crippen LogP contribution in [0.3, 0.4) is 0 Å². The van der Waals surface area contributed by atoms with Crippen LogP contribution in [0.2, 0.25) is 0 Å². The summed E-state index contributed by atoms with van der Waals surface area (Å²) in [4.78, 5) is 0. The molecule has 0 aliphatic carbocycles. The zero-order valence-corrected chi connectivity index (χ0v) is 21.1. The van der Waals surface area contributed by atoms with Crippen LogP contribution in [0.25, 0.3) is 0 Å². The van der Waals surface area contributed by atoms with Gasteiger partial charge in [0.25, 0.3) is 11.8 Å². The van der Waals surface area contributed by atoms with Crippen LogP contribution < -0.4 is 21.7 Å². The standard InChI is InChI=1S/C27H30N3O3.BrH/c1-30(2,19-12-20-32-24-17-10-5-11-18-24)21-25-28-29-26(33-25)27(31,22-13-6-3-7-14-22)23-15-8-4-9-16-23;/h3-11,13-18,31H,12,19-21H2,1-2H3;1H/q+1;/p-1. The number of para-hydroxylation sites is 1. The van der Waals surface area contributed by atoms with Crippen molar-refractivity contribution < 1.29 is 35.7 Å². The second-order valence-corrected chi connectivity index (χ2v) is 8.78. The molecule has 0 bridgehead atoms. The Morgan fingerprint density at radius 3 is 1.91 bits per heavy atom. The van der Waals surface area contributed by atoms with E-state index in [4.69, 9.17) is 9.15 Å². The van der Waals surface area contributed by atoms with E-state index in [-0.39, 0.29) is 22.9 Å². The zero-order chi connectivity index (χ0) is 23.2. The van der Waals surface area contributed by atoms with Crippen molar-refractivity contribution in [3.63, 3.8) is 0 Å². The minimum atomic E-state index is -1.52. The van der Waals surface area contributed by atoms with Crippen molar-refractivity contribution >= 4 is 0 Å². The first-order valence-electron chi connectivity index (χ1n) is 11.1. The molecule has 0 spiro atoms. The number of rotatable bonds is 10. The summed E-state index contributed by atoms with van der Waals surface area (Å²) in [6, 6.07) is 28.7. The Hall–Kier alpha value is -3.00. The van der Waals surface area contributed by atoms with E-state index in [0.717, 1.165) is 18.7 Å². The van der Waals surface area contributed by atoms with E-state index in [1.165, 1.54) is 0 Å². The Balaban J connectivity index is 0.00000324. The Labute approximate surface area is 211 Å². The van der Waals surface area contributed by atoms with Crippen LogP contribution in [0, 0.1) is 0 Å². The van der Waals surface area contributed by atoms with Gasteiger partial charge in [-0.3, -0.25) is 0 Å². The van der Waals surface area contributed by atoms with Crippen LogP contribution in [0.1, 0.15) is 29.3 Å². The molecule has 1 heterocycles. The van der Waals surface area contributed by atoms with E-state index < -0.39 is 5.60 Å². The van der Waals surface area contributed by atoms with E-state index in [9.17, 15) is 5.11 Å². The number of quaternary nitrogens is 1. The predicted molar refractivity (Wildman–Crippen MR) is 127 cm³/mol. The third-order valence-electron chi connectivity index (χ3n) is 5.64. The van der Waals surface area contributed by atoms with Crippen molar-refractivity contribution in [1.82, 2.24) is 10.2 Å². The van der Waals surface area contributed by atoms with Crippen LogP contribution in [-0.4, -0.2) is 47.0 Å². The monoisotopic (exact) mass is 523 g/mol. The Kier molecular flexibility index (Phi) is 8.61. The fourth-order valence-corrected chi connectivity index (χ4v) is 3.88. The van der Waals surface area contributed by atoms with Crippen LogP contribution in [0.15, 0.2) is 95.4 Å². The van der Waals surface area contributed by atoms with Gasteiger partial charge < -0.3 is 35.7 Å². The second kappa shape index (κ2) is 11.4. The first kappa shape index (κ1) is 25.6. The normalized spacial score (nSPS) is 11.6. The van der Waals surface area contributed by atoms with Gasteiger partial charge in [-0.2, -0.15) is 0 Å². The van der Waals surface area contributed by atoms with Gasteiger partial charge in [-0.25, -0.2) is 0 Å². The molecule has 0 aliphatic heterocycles. The minimum absolute atomic E-state index is 0. The number of nitrogens with zero attached hydrogens (tertiary/aromatic N) is 3. The summed E-state index contributed by atoms with van der Waals surface area (Å²) in [5.41, 5.74) is -0.162. The van der Waals surface area contributed by atoms with Crippen molar-refractivity contribution in [2.45, 2.75) is 18.6 Å². The summed E-state index contributed by atoms with van der Waals surface area (Å²) < 4.78 is 12.5. The highest BCUT2D eigenvalue weighted by molar-refractivity contribution is 5.41. The minimum Gasteiger partial charge on any atom is -1.00 e. The first-order valence-corrected chi connectivity index (χ1v) is 11.1. The Morgan fingerprint density at radius 2 is 1.35 bits per heavy atom. The summed E-state index contributed by atoms with van der Waals surface area (Å²) in [5.74, 6) is 1.54. The maximum Gasteiger partial charge on any atom is 0.271 e. The number of halogens is 1. The third kappa shape index (κ3) is 6.11.